The van der Waals surface area contributed by atoms with Crippen LogP contribution in [0.25, 0.3) is 0 Å². The molecule has 0 aliphatic carbocycles. The molecule has 1 fully saturated rings. The van der Waals surface area contributed by atoms with Crippen molar-refractivity contribution in [1.82, 2.24) is 9.80 Å². The van der Waals surface area contributed by atoms with Crippen LogP contribution in [-0.2, 0) is 9.59 Å². The van der Waals surface area contributed by atoms with Crippen molar-refractivity contribution in [3.8, 4) is 17.2 Å². The van der Waals surface area contributed by atoms with Gasteiger partial charge in [-0.15, -0.1) is 0 Å². The average molecular weight is 689 g/mol. The Morgan fingerprint density at radius 3 is 2.28 bits per heavy atom. The van der Waals surface area contributed by atoms with E-state index in [0.717, 1.165) is 51.0 Å². The van der Waals surface area contributed by atoms with E-state index in [-0.39, 0.29) is 30.4 Å². The number of unbranched alkanes of at least 4 members (excludes halogenated alkanes) is 2. The maximum Gasteiger partial charge on any atom is 0.303 e. The number of nitrogens with one attached hydrogen (secondary N) is 1. The summed E-state index contributed by atoms with van der Waals surface area (Å²) in [7, 11) is 5.21. The van der Waals surface area contributed by atoms with Crippen LogP contribution in [0.2, 0.25) is 0 Å². The number of rotatable bonds is 17. The number of benzene rings is 3. The van der Waals surface area contributed by atoms with Gasteiger partial charge in [0.1, 0.15) is 17.2 Å². The Morgan fingerprint density at radius 2 is 1.54 bits per heavy atom. The number of carboxylic acids is 1. The molecule has 2 N–H and O–H groups in total. The first-order chi connectivity index (χ1) is 24.1. The number of carbonyl (C=O) groups is 4. The van der Waals surface area contributed by atoms with Crippen LogP contribution in [0.5, 0.6) is 17.2 Å². The number of aryl methyl sites for hydroxylation is 1. The first kappa shape index (κ1) is 37.7. The topological polar surface area (TPSA) is 138 Å². The second-order valence-electron chi connectivity index (χ2n) is 12.4. The number of hydrogen-bond donors (Lipinski definition) is 2. The van der Waals surface area contributed by atoms with Crippen LogP contribution in [0.15, 0.2) is 60.7 Å². The minimum absolute atomic E-state index is 0.0358. The maximum atomic E-state index is 13.7. The number of likely N-dealkylation sites (N-methyl/N-ethyl adjacent to an activating group) is 1. The van der Waals surface area contributed by atoms with Crippen LogP contribution in [0.1, 0.15) is 64.8 Å². The van der Waals surface area contributed by atoms with Gasteiger partial charge in [-0.3, -0.25) is 19.2 Å². The van der Waals surface area contributed by atoms with E-state index in [0.29, 0.717) is 53.6 Å². The molecule has 1 aliphatic heterocycles. The van der Waals surface area contributed by atoms with Gasteiger partial charge in [-0.25, -0.2) is 0 Å². The molecular formula is C38H48N4O8. The molecule has 12 heteroatoms. The fourth-order valence-corrected chi connectivity index (χ4v) is 5.57. The van der Waals surface area contributed by atoms with E-state index < -0.39 is 11.9 Å². The summed E-state index contributed by atoms with van der Waals surface area (Å²) in [5.41, 5.74) is 2.59. The fourth-order valence-electron chi connectivity index (χ4n) is 5.57. The Bertz CT molecular complexity index is 1640. The molecule has 4 rings (SSSR count). The molecule has 0 aromatic heterocycles. The van der Waals surface area contributed by atoms with Crippen LogP contribution in [-0.4, -0.2) is 99.2 Å². The monoisotopic (exact) mass is 688 g/mol. The first-order valence-corrected chi connectivity index (χ1v) is 17.0. The largest absolute Gasteiger partial charge is 0.495 e. The zero-order valence-corrected chi connectivity index (χ0v) is 29.4. The van der Waals surface area contributed by atoms with Crippen LogP contribution in [0.4, 0.5) is 11.4 Å². The van der Waals surface area contributed by atoms with Crippen molar-refractivity contribution in [1.29, 1.82) is 0 Å². The Labute approximate surface area is 293 Å². The van der Waals surface area contributed by atoms with Gasteiger partial charge >= 0.3 is 5.97 Å². The molecule has 0 radical (unpaired) electrons. The zero-order chi connectivity index (χ0) is 36.0. The number of carbonyl (C=O) groups excluding carboxylic acids is 3. The highest BCUT2D eigenvalue weighted by molar-refractivity contribution is 6.09. The van der Waals surface area contributed by atoms with Gasteiger partial charge in [0.15, 0.2) is 0 Å². The van der Waals surface area contributed by atoms with E-state index >= 15 is 0 Å². The Balaban J connectivity index is 1.34. The highest BCUT2D eigenvalue weighted by Gasteiger charge is 2.21. The summed E-state index contributed by atoms with van der Waals surface area (Å²) < 4.78 is 17.4. The zero-order valence-electron chi connectivity index (χ0n) is 29.4. The lowest BCUT2D eigenvalue weighted by atomic mass is 10.1. The summed E-state index contributed by atoms with van der Waals surface area (Å²) in [6, 6.07) is 17.2. The second-order valence-corrected chi connectivity index (χ2v) is 12.4. The van der Waals surface area contributed by atoms with Gasteiger partial charge < -0.3 is 39.3 Å². The molecule has 268 valence electrons. The van der Waals surface area contributed by atoms with Gasteiger partial charge in [-0.2, -0.15) is 0 Å². The smallest absolute Gasteiger partial charge is 0.303 e. The molecule has 0 atom stereocenters. The number of hydrogen-bond acceptors (Lipinski definition) is 8. The van der Waals surface area contributed by atoms with Crippen LogP contribution in [0, 0.1) is 6.92 Å². The number of nitrogens with zero attached hydrogens (tertiary/aromatic N) is 3. The molecule has 0 spiro atoms. The van der Waals surface area contributed by atoms with Gasteiger partial charge in [-0.1, -0.05) is 18.2 Å². The minimum Gasteiger partial charge on any atom is -0.495 e. The number of para-hydroxylation sites is 1. The summed E-state index contributed by atoms with van der Waals surface area (Å²) in [5.74, 6) is -0.225. The summed E-state index contributed by atoms with van der Waals surface area (Å²) in [6.07, 6.45) is 3.27. The van der Waals surface area contributed by atoms with Gasteiger partial charge in [0.25, 0.3) is 11.8 Å². The van der Waals surface area contributed by atoms with E-state index in [1.807, 2.05) is 30.0 Å². The van der Waals surface area contributed by atoms with E-state index in [1.54, 1.807) is 49.5 Å². The summed E-state index contributed by atoms with van der Waals surface area (Å²) in [5, 5.41) is 11.7. The molecule has 0 bridgehead atoms. The molecule has 3 amide bonds. The number of methoxy groups -OCH3 is 1. The van der Waals surface area contributed by atoms with Gasteiger partial charge in [-0.05, 0) is 87.7 Å². The molecule has 1 saturated heterocycles. The average Bonchev–Trinajstić information content (AvgIpc) is 3.11. The van der Waals surface area contributed by atoms with Crippen molar-refractivity contribution >= 4 is 35.1 Å². The lowest BCUT2D eigenvalue weighted by Gasteiger charge is -2.32. The highest BCUT2D eigenvalue weighted by Crippen LogP contribution is 2.32. The molecule has 12 nitrogen and oxygen atoms in total. The first-order valence-electron chi connectivity index (χ1n) is 17.0. The molecule has 50 heavy (non-hydrogen) atoms. The van der Waals surface area contributed by atoms with Crippen molar-refractivity contribution < 1.29 is 38.5 Å². The quantitative estimate of drug-likeness (QED) is 0.176. The van der Waals surface area contributed by atoms with E-state index in [1.165, 1.54) is 12.0 Å². The Morgan fingerprint density at radius 1 is 0.820 bits per heavy atom. The van der Waals surface area contributed by atoms with Gasteiger partial charge in [0.05, 0.1) is 37.3 Å². The minimum atomic E-state index is -0.915. The Hall–Kier alpha value is -5.10. The van der Waals surface area contributed by atoms with Crippen molar-refractivity contribution in [2.75, 3.05) is 70.8 Å². The van der Waals surface area contributed by atoms with Crippen molar-refractivity contribution in [2.24, 2.45) is 0 Å². The predicted molar refractivity (Wildman–Crippen MR) is 192 cm³/mol. The summed E-state index contributed by atoms with van der Waals surface area (Å²) >= 11 is 0. The molecule has 1 aliphatic rings. The molecular weight excluding hydrogens is 640 g/mol. The molecule has 3 aromatic rings. The second kappa shape index (κ2) is 18.6. The van der Waals surface area contributed by atoms with Gasteiger partial charge in [0.2, 0.25) is 5.91 Å². The molecule has 0 unspecified atom stereocenters. The van der Waals surface area contributed by atoms with Crippen molar-refractivity contribution in [3.63, 3.8) is 0 Å². The van der Waals surface area contributed by atoms with Crippen molar-refractivity contribution in [2.45, 2.75) is 45.4 Å². The third-order valence-corrected chi connectivity index (χ3v) is 8.55. The van der Waals surface area contributed by atoms with Crippen LogP contribution >= 0.6 is 0 Å². The Kier molecular flexibility index (Phi) is 14.0. The SMILES string of the molecule is COc1cc(C(=O)N(C)c2ccc(C)cc2OCCCCCC(=O)N2CCN(C)CC2)ccc1NC(=O)c1ccccc1OCCCC(=O)O. The number of aliphatic carboxylic acids is 1. The standard InChI is InChI=1S/C38H48N4O8/c1-27-15-18-31(34(25-27)50-23-9-5-6-13-35(43)42-21-19-40(2)20-22-42)41(3)38(47)28-16-17-30(33(26-28)48-4)39-37(46)29-11-7-8-12-32(29)49-24-10-14-36(44)45/h7-8,11-12,15-18,25-26H,5-6,9-10,13-14,19-24H2,1-4H3,(H,39,46)(H,44,45). The number of piperazine rings is 1. The number of amides is 3. The number of carboxylic acid groups (broad SMARTS) is 1. The third kappa shape index (κ3) is 10.7. The molecule has 3 aromatic carbocycles. The number of ether oxygens (including phenoxy) is 3. The van der Waals surface area contributed by atoms with Crippen molar-refractivity contribution in [3.05, 3.63) is 77.4 Å². The fraction of sp³-hybridized carbons (Fsp3) is 0.421. The normalized spacial score (nSPS) is 13.0. The summed E-state index contributed by atoms with van der Waals surface area (Å²) in [4.78, 5) is 55.9. The van der Waals surface area contributed by atoms with E-state index in [9.17, 15) is 19.2 Å². The molecule has 0 saturated carbocycles. The summed E-state index contributed by atoms with van der Waals surface area (Å²) in [6.45, 7) is 5.98. The number of anilines is 2. The lowest BCUT2D eigenvalue weighted by molar-refractivity contribution is -0.137. The molecule has 1 heterocycles. The lowest BCUT2D eigenvalue weighted by Crippen LogP contribution is -2.47. The van der Waals surface area contributed by atoms with E-state index in [4.69, 9.17) is 19.3 Å². The van der Waals surface area contributed by atoms with Gasteiger partial charge in [0, 0.05) is 51.6 Å². The highest BCUT2D eigenvalue weighted by atomic mass is 16.5. The maximum absolute atomic E-state index is 13.7. The van der Waals surface area contributed by atoms with Crippen LogP contribution < -0.4 is 24.4 Å². The van der Waals surface area contributed by atoms with Crippen LogP contribution in [0.3, 0.4) is 0 Å². The third-order valence-electron chi connectivity index (χ3n) is 8.55. The predicted octanol–water partition coefficient (Wildman–Crippen LogP) is 5.49. The van der Waals surface area contributed by atoms with E-state index in [2.05, 4.69) is 17.3 Å².